The van der Waals surface area contributed by atoms with Crippen LogP contribution >= 0.6 is 0 Å². The molecule has 2 atom stereocenters. The van der Waals surface area contributed by atoms with Crippen molar-refractivity contribution in [2.75, 3.05) is 26.3 Å². The van der Waals surface area contributed by atoms with Gasteiger partial charge in [0.1, 0.15) is 11.8 Å². The van der Waals surface area contributed by atoms with Crippen LogP contribution in [0.5, 0.6) is 5.75 Å². The molecule has 2 aromatic rings. The first kappa shape index (κ1) is 23.7. The molecule has 0 radical (unpaired) electrons. The first-order valence-electron chi connectivity index (χ1n) is 12.4. The van der Waals surface area contributed by atoms with Gasteiger partial charge in [-0.15, -0.1) is 0 Å². The topological polar surface area (TPSA) is 71.9 Å². The summed E-state index contributed by atoms with van der Waals surface area (Å²) in [5.41, 5.74) is 4.72. The molecule has 0 saturated carbocycles. The number of aliphatic carboxylic acids is 1. The van der Waals surface area contributed by atoms with Gasteiger partial charge in [0.2, 0.25) is 0 Å². The van der Waals surface area contributed by atoms with Crippen LogP contribution in [-0.4, -0.2) is 53.4 Å². The van der Waals surface area contributed by atoms with Crippen molar-refractivity contribution in [1.82, 2.24) is 9.88 Å². The van der Waals surface area contributed by atoms with Crippen molar-refractivity contribution >= 4 is 5.97 Å². The molecule has 1 aromatic carbocycles. The summed E-state index contributed by atoms with van der Waals surface area (Å²) in [7, 11) is 0. The molecule has 0 amide bonds. The van der Waals surface area contributed by atoms with Gasteiger partial charge in [-0.1, -0.05) is 18.2 Å². The number of carboxylic acids is 1. The van der Waals surface area contributed by atoms with Crippen LogP contribution < -0.4 is 4.74 Å². The number of aryl methyl sites for hydroxylation is 3. The van der Waals surface area contributed by atoms with Crippen molar-refractivity contribution in [2.45, 2.75) is 70.4 Å². The van der Waals surface area contributed by atoms with Gasteiger partial charge in [0.25, 0.3) is 0 Å². The second kappa shape index (κ2) is 11.6. The van der Waals surface area contributed by atoms with Crippen LogP contribution in [0.25, 0.3) is 0 Å². The molecule has 33 heavy (non-hydrogen) atoms. The SMILES string of the molecule is CCOc1ccc(C(C(=O)O)N2CC[C@@H](OCCCCc3ccc4c(n3)CCCC4)C2)cc1. The monoisotopic (exact) mass is 452 g/mol. The van der Waals surface area contributed by atoms with E-state index in [1.54, 1.807) is 0 Å². The molecule has 0 bridgehead atoms. The highest BCUT2D eigenvalue weighted by atomic mass is 16.5. The van der Waals surface area contributed by atoms with Crippen LogP contribution in [0.4, 0.5) is 0 Å². The molecule has 1 aromatic heterocycles. The van der Waals surface area contributed by atoms with Gasteiger partial charge in [-0.05, 0) is 87.6 Å². The van der Waals surface area contributed by atoms with E-state index in [9.17, 15) is 9.90 Å². The van der Waals surface area contributed by atoms with Crippen LogP contribution in [0.2, 0.25) is 0 Å². The fraction of sp³-hybridized carbons (Fsp3) is 0.556. The summed E-state index contributed by atoms with van der Waals surface area (Å²) in [6.45, 7) is 4.62. The van der Waals surface area contributed by atoms with E-state index in [0.29, 0.717) is 19.8 Å². The van der Waals surface area contributed by atoms with Gasteiger partial charge < -0.3 is 14.6 Å². The molecule has 1 saturated heterocycles. The molecule has 2 heterocycles. The van der Waals surface area contributed by atoms with Crippen molar-refractivity contribution in [1.29, 1.82) is 0 Å². The van der Waals surface area contributed by atoms with Crippen molar-refractivity contribution in [3.05, 3.63) is 58.9 Å². The molecule has 4 rings (SSSR count). The average Bonchev–Trinajstić information content (AvgIpc) is 3.28. The zero-order chi connectivity index (χ0) is 23.0. The van der Waals surface area contributed by atoms with Gasteiger partial charge in [-0.2, -0.15) is 0 Å². The van der Waals surface area contributed by atoms with Gasteiger partial charge in [0.15, 0.2) is 0 Å². The van der Waals surface area contributed by atoms with E-state index in [0.717, 1.165) is 50.0 Å². The van der Waals surface area contributed by atoms with Crippen molar-refractivity contribution in [3.8, 4) is 5.75 Å². The number of pyridine rings is 1. The van der Waals surface area contributed by atoms with Gasteiger partial charge in [-0.3, -0.25) is 14.7 Å². The summed E-state index contributed by atoms with van der Waals surface area (Å²) in [6.07, 6.45) is 8.86. The lowest BCUT2D eigenvalue weighted by Crippen LogP contribution is -2.33. The number of rotatable bonds is 11. The molecular weight excluding hydrogens is 416 g/mol. The third-order valence-electron chi connectivity index (χ3n) is 6.70. The van der Waals surface area contributed by atoms with E-state index in [2.05, 4.69) is 12.1 Å². The van der Waals surface area contributed by atoms with Gasteiger partial charge >= 0.3 is 5.97 Å². The third kappa shape index (κ3) is 6.33. The molecule has 1 fully saturated rings. The van der Waals surface area contributed by atoms with Crippen molar-refractivity contribution < 1.29 is 19.4 Å². The van der Waals surface area contributed by atoms with Crippen LogP contribution in [0, 0.1) is 0 Å². The molecule has 1 aliphatic heterocycles. The number of carbonyl (C=O) groups is 1. The Morgan fingerprint density at radius 1 is 1.15 bits per heavy atom. The molecular formula is C27H36N2O4. The molecule has 6 nitrogen and oxygen atoms in total. The molecule has 1 aliphatic carbocycles. The Balaban J connectivity index is 1.20. The molecule has 1 unspecified atom stereocenters. The highest BCUT2D eigenvalue weighted by Gasteiger charge is 2.34. The number of fused-ring (bicyclic) bond motifs is 1. The van der Waals surface area contributed by atoms with Crippen LogP contribution in [0.15, 0.2) is 36.4 Å². The maximum atomic E-state index is 12.0. The highest BCUT2D eigenvalue weighted by Crippen LogP contribution is 2.28. The van der Waals surface area contributed by atoms with E-state index in [1.165, 1.54) is 36.2 Å². The highest BCUT2D eigenvalue weighted by molar-refractivity contribution is 5.75. The number of ether oxygens (including phenoxy) is 2. The predicted molar refractivity (Wildman–Crippen MR) is 128 cm³/mol. The summed E-state index contributed by atoms with van der Waals surface area (Å²) >= 11 is 0. The zero-order valence-electron chi connectivity index (χ0n) is 19.7. The third-order valence-corrected chi connectivity index (χ3v) is 6.70. The normalized spacial score (nSPS) is 19.2. The molecule has 6 heteroatoms. The minimum atomic E-state index is -0.822. The lowest BCUT2D eigenvalue weighted by Gasteiger charge is -2.24. The van der Waals surface area contributed by atoms with E-state index < -0.39 is 12.0 Å². The number of aromatic nitrogens is 1. The smallest absolute Gasteiger partial charge is 0.325 e. The second-order valence-corrected chi connectivity index (χ2v) is 9.09. The largest absolute Gasteiger partial charge is 0.494 e. The first-order chi connectivity index (χ1) is 16.1. The molecule has 178 valence electrons. The lowest BCUT2D eigenvalue weighted by molar-refractivity contribution is -0.143. The van der Waals surface area contributed by atoms with E-state index in [1.807, 2.05) is 36.1 Å². The molecule has 1 N–H and O–H groups in total. The Morgan fingerprint density at radius 3 is 2.76 bits per heavy atom. The van der Waals surface area contributed by atoms with Crippen LogP contribution in [-0.2, 0) is 28.8 Å². The van der Waals surface area contributed by atoms with Gasteiger partial charge in [0.05, 0.1) is 12.7 Å². The Morgan fingerprint density at radius 2 is 1.97 bits per heavy atom. The lowest BCUT2D eigenvalue weighted by atomic mass is 9.95. The minimum absolute atomic E-state index is 0.0939. The Bertz CT molecular complexity index is 915. The maximum Gasteiger partial charge on any atom is 0.325 e. The quantitative estimate of drug-likeness (QED) is 0.503. The number of hydrogen-bond donors (Lipinski definition) is 1. The summed E-state index contributed by atoms with van der Waals surface area (Å²) in [4.78, 5) is 18.9. The number of unbranched alkanes of at least 4 members (excludes halogenated alkanes) is 1. The first-order valence-corrected chi connectivity index (χ1v) is 12.4. The summed E-state index contributed by atoms with van der Waals surface area (Å²) in [5.74, 6) is -0.0593. The summed E-state index contributed by atoms with van der Waals surface area (Å²) in [6, 6.07) is 11.2. The molecule has 0 spiro atoms. The predicted octanol–water partition coefficient (Wildman–Crippen LogP) is 4.60. The van der Waals surface area contributed by atoms with E-state index >= 15 is 0 Å². The van der Waals surface area contributed by atoms with Gasteiger partial charge in [0, 0.05) is 31.1 Å². The zero-order valence-corrected chi connectivity index (χ0v) is 19.7. The fourth-order valence-corrected chi connectivity index (χ4v) is 4.97. The Kier molecular flexibility index (Phi) is 8.35. The van der Waals surface area contributed by atoms with E-state index in [4.69, 9.17) is 14.5 Å². The van der Waals surface area contributed by atoms with Gasteiger partial charge in [-0.25, -0.2) is 0 Å². The number of benzene rings is 1. The standard InChI is InChI=1S/C27H36N2O4/c1-2-32-23-14-11-21(12-15-23)26(27(30)31)29-17-16-24(19-29)33-18-6-5-8-22-13-10-20-7-3-4-9-25(20)28-22/h10-15,24,26H,2-9,16-19H2,1H3,(H,30,31)/t24-,26?/m1/s1. The summed E-state index contributed by atoms with van der Waals surface area (Å²) in [5, 5.41) is 9.85. The average molecular weight is 453 g/mol. The molecule has 2 aliphatic rings. The number of likely N-dealkylation sites (tertiary alicyclic amines) is 1. The van der Waals surface area contributed by atoms with E-state index in [-0.39, 0.29) is 6.10 Å². The Labute approximate surface area is 196 Å². The fourth-order valence-electron chi connectivity index (χ4n) is 4.97. The number of hydrogen-bond acceptors (Lipinski definition) is 5. The minimum Gasteiger partial charge on any atom is -0.494 e. The number of nitrogens with zero attached hydrogens (tertiary/aromatic N) is 2. The van der Waals surface area contributed by atoms with Crippen LogP contribution in [0.1, 0.15) is 67.6 Å². The maximum absolute atomic E-state index is 12.0. The van der Waals surface area contributed by atoms with Crippen molar-refractivity contribution in [2.24, 2.45) is 0 Å². The second-order valence-electron chi connectivity index (χ2n) is 9.09. The van der Waals surface area contributed by atoms with Crippen LogP contribution in [0.3, 0.4) is 0 Å². The summed E-state index contributed by atoms with van der Waals surface area (Å²) < 4.78 is 11.6. The van der Waals surface area contributed by atoms with Crippen molar-refractivity contribution in [3.63, 3.8) is 0 Å². The Hall–Kier alpha value is -2.44. The number of carboxylic acid groups (broad SMARTS) is 1.